The molecule has 6 nitrogen and oxygen atoms in total. The summed E-state index contributed by atoms with van der Waals surface area (Å²) in [6.07, 6.45) is 3.07. The first-order valence-electron chi connectivity index (χ1n) is 7.14. The lowest BCUT2D eigenvalue weighted by Gasteiger charge is -2.06. The lowest BCUT2D eigenvalue weighted by molar-refractivity contribution is -0.121. The molecule has 23 heavy (non-hydrogen) atoms. The Morgan fingerprint density at radius 2 is 1.96 bits per heavy atom. The van der Waals surface area contributed by atoms with Crippen molar-refractivity contribution in [1.29, 1.82) is 0 Å². The predicted molar refractivity (Wildman–Crippen MR) is 83.7 cm³/mol. The van der Waals surface area contributed by atoms with E-state index in [1.54, 1.807) is 12.3 Å². The van der Waals surface area contributed by atoms with Gasteiger partial charge in [0.05, 0.1) is 18.9 Å². The number of carbonyl (C=O) groups excluding carboxylic acids is 2. The highest BCUT2D eigenvalue weighted by Crippen LogP contribution is 2.26. The smallest absolute Gasteiger partial charge is 0.305 e. The summed E-state index contributed by atoms with van der Waals surface area (Å²) in [5.41, 5.74) is 8.36. The zero-order valence-corrected chi connectivity index (χ0v) is 12.8. The van der Waals surface area contributed by atoms with Crippen molar-refractivity contribution < 1.29 is 18.4 Å². The van der Waals surface area contributed by atoms with Gasteiger partial charge in [0.15, 0.2) is 5.76 Å². The van der Waals surface area contributed by atoms with Crippen molar-refractivity contribution in [3.63, 3.8) is 0 Å². The van der Waals surface area contributed by atoms with Crippen LogP contribution in [-0.4, -0.2) is 11.8 Å². The van der Waals surface area contributed by atoms with Gasteiger partial charge in [0.2, 0.25) is 5.91 Å². The van der Waals surface area contributed by atoms with Gasteiger partial charge < -0.3 is 8.83 Å². The van der Waals surface area contributed by atoms with E-state index in [1.807, 2.05) is 26.0 Å². The van der Waals surface area contributed by atoms with Crippen LogP contribution in [-0.2, 0) is 11.2 Å². The van der Waals surface area contributed by atoms with Gasteiger partial charge in [-0.1, -0.05) is 6.07 Å². The molecule has 0 aliphatic rings. The SMILES string of the molecule is Cc1cc(C)c2c(CC(=O)NNC(=O)c3ccco3)coc2c1. The fourth-order valence-corrected chi connectivity index (χ4v) is 2.57. The van der Waals surface area contributed by atoms with Crippen LogP contribution in [0.1, 0.15) is 27.2 Å². The van der Waals surface area contributed by atoms with Gasteiger partial charge in [0.25, 0.3) is 0 Å². The fraction of sp³-hybridized carbons (Fsp3) is 0.176. The van der Waals surface area contributed by atoms with E-state index < -0.39 is 5.91 Å². The minimum absolute atomic E-state index is 0.106. The van der Waals surface area contributed by atoms with Gasteiger partial charge in [-0.3, -0.25) is 20.4 Å². The van der Waals surface area contributed by atoms with Crippen LogP contribution in [0.4, 0.5) is 0 Å². The number of furan rings is 2. The Morgan fingerprint density at radius 1 is 1.13 bits per heavy atom. The normalized spacial score (nSPS) is 10.7. The maximum absolute atomic E-state index is 12.0. The second-order valence-corrected chi connectivity index (χ2v) is 5.37. The summed E-state index contributed by atoms with van der Waals surface area (Å²) in [5.74, 6) is -0.717. The molecule has 0 bridgehead atoms. The van der Waals surface area contributed by atoms with Gasteiger partial charge in [-0.15, -0.1) is 0 Å². The molecular formula is C17H16N2O4. The van der Waals surface area contributed by atoms with Gasteiger partial charge >= 0.3 is 5.91 Å². The summed E-state index contributed by atoms with van der Waals surface area (Å²) in [6, 6.07) is 7.08. The number of nitrogens with one attached hydrogen (secondary N) is 2. The van der Waals surface area contributed by atoms with Gasteiger partial charge in [-0.2, -0.15) is 0 Å². The largest absolute Gasteiger partial charge is 0.464 e. The standard InChI is InChI=1S/C17H16N2O4/c1-10-6-11(2)16-12(9-23-14(16)7-10)8-15(20)18-19-17(21)13-4-3-5-22-13/h3-7,9H,8H2,1-2H3,(H,18,20)(H,19,21). The second kappa shape index (κ2) is 6.00. The molecule has 6 heteroatoms. The second-order valence-electron chi connectivity index (χ2n) is 5.37. The van der Waals surface area contributed by atoms with E-state index in [2.05, 4.69) is 10.9 Å². The Morgan fingerprint density at radius 3 is 2.70 bits per heavy atom. The average molecular weight is 312 g/mol. The van der Waals surface area contributed by atoms with Crippen molar-refractivity contribution in [2.75, 3.05) is 0 Å². The van der Waals surface area contributed by atoms with Crippen LogP contribution in [0.15, 0.2) is 45.6 Å². The molecule has 3 aromatic rings. The first-order chi connectivity index (χ1) is 11.0. The van der Waals surface area contributed by atoms with E-state index in [1.165, 1.54) is 12.3 Å². The molecule has 0 spiro atoms. The Bertz CT molecular complexity index is 862. The molecule has 2 heterocycles. The van der Waals surface area contributed by atoms with Crippen molar-refractivity contribution in [2.45, 2.75) is 20.3 Å². The van der Waals surface area contributed by atoms with Crippen LogP contribution in [0.3, 0.4) is 0 Å². The van der Waals surface area contributed by atoms with Crippen LogP contribution in [0, 0.1) is 13.8 Å². The van der Waals surface area contributed by atoms with Crippen LogP contribution in [0.25, 0.3) is 11.0 Å². The molecule has 2 aromatic heterocycles. The molecule has 2 N–H and O–H groups in total. The maximum Gasteiger partial charge on any atom is 0.305 e. The molecular weight excluding hydrogens is 296 g/mol. The predicted octanol–water partition coefficient (Wildman–Crippen LogP) is 2.65. The number of hydrogen-bond acceptors (Lipinski definition) is 4. The van der Waals surface area contributed by atoms with Crippen molar-refractivity contribution in [3.05, 3.63) is 59.2 Å². The molecule has 0 saturated carbocycles. The van der Waals surface area contributed by atoms with Crippen molar-refractivity contribution >= 4 is 22.8 Å². The number of hydrogen-bond donors (Lipinski definition) is 2. The molecule has 118 valence electrons. The maximum atomic E-state index is 12.0. The number of fused-ring (bicyclic) bond motifs is 1. The highest BCUT2D eigenvalue weighted by molar-refractivity contribution is 5.94. The summed E-state index contributed by atoms with van der Waals surface area (Å²) < 4.78 is 10.5. The Kier molecular flexibility index (Phi) is 3.89. The van der Waals surface area contributed by atoms with E-state index in [0.717, 1.165) is 27.7 Å². The summed E-state index contributed by atoms with van der Waals surface area (Å²) in [6.45, 7) is 3.97. The van der Waals surface area contributed by atoms with E-state index in [0.29, 0.717) is 0 Å². The minimum atomic E-state index is -0.507. The Hall–Kier alpha value is -3.02. The number of carbonyl (C=O) groups is 2. The summed E-state index contributed by atoms with van der Waals surface area (Å²) in [7, 11) is 0. The third-order valence-corrected chi connectivity index (χ3v) is 3.50. The molecule has 3 rings (SSSR count). The average Bonchev–Trinajstić information content (AvgIpc) is 3.14. The molecule has 1 aromatic carbocycles. The number of amides is 2. The summed E-state index contributed by atoms with van der Waals surface area (Å²) in [5, 5.41) is 0.933. The molecule has 0 unspecified atom stereocenters. The third kappa shape index (κ3) is 3.11. The lowest BCUT2D eigenvalue weighted by Crippen LogP contribution is -2.42. The summed E-state index contributed by atoms with van der Waals surface area (Å²) in [4.78, 5) is 23.7. The number of aryl methyl sites for hydroxylation is 2. The molecule has 2 amide bonds. The first-order valence-corrected chi connectivity index (χ1v) is 7.14. The summed E-state index contributed by atoms with van der Waals surface area (Å²) >= 11 is 0. The van der Waals surface area contributed by atoms with Gasteiger partial charge in [0.1, 0.15) is 5.58 Å². The van der Waals surface area contributed by atoms with Crippen molar-refractivity contribution in [1.82, 2.24) is 10.9 Å². The highest BCUT2D eigenvalue weighted by Gasteiger charge is 2.14. The molecule has 0 saturated heterocycles. The zero-order valence-electron chi connectivity index (χ0n) is 12.8. The Labute approximate surface area is 132 Å². The van der Waals surface area contributed by atoms with E-state index in [4.69, 9.17) is 8.83 Å². The monoisotopic (exact) mass is 312 g/mol. The quantitative estimate of drug-likeness (QED) is 0.728. The van der Waals surface area contributed by atoms with Crippen LogP contribution < -0.4 is 10.9 Å². The third-order valence-electron chi connectivity index (χ3n) is 3.50. The lowest BCUT2D eigenvalue weighted by atomic mass is 10.0. The molecule has 0 aliphatic carbocycles. The molecule has 0 radical (unpaired) electrons. The molecule has 0 fully saturated rings. The van der Waals surface area contributed by atoms with Gasteiger partial charge in [0, 0.05) is 10.9 Å². The fourth-order valence-electron chi connectivity index (χ4n) is 2.57. The van der Waals surface area contributed by atoms with Gasteiger partial charge in [-0.25, -0.2) is 0 Å². The minimum Gasteiger partial charge on any atom is -0.464 e. The van der Waals surface area contributed by atoms with E-state index in [-0.39, 0.29) is 18.1 Å². The Balaban J connectivity index is 1.68. The van der Waals surface area contributed by atoms with Crippen LogP contribution in [0.2, 0.25) is 0 Å². The number of rotatable bonds is 3. The first kappa shape index (κ1) is 14.9. The van der Waals surface area contributed by atoms with Crippen LogP contribution in [0.5, 0.6) is 0 Å². The van der Waals surface area contributed by atoms with E-state index in [9.17, 15) is 9.59 Å². The number of hydrazine groups is 1. The van der Waals surface area contributed by atoms with Crippen molar-refractivity contribution in [2.24, 2.45) is 0 Å². The highest BCUT2D eigenvalue weighted by atomic mass is 16.3. The van der Waals surface area contributed by atoms with Gasteiger partial charge in [-0.05, 0) is 43.2 Å². The van der Waals surface area contributed by atoms with Crippen molar-refractivity contribution in [3.8, 4) is 0 Å². The van der Waals surface area contributed by atoms with E-state index >= 15 is 0 Å². The number of benzene rings is 1. The van der Waals surface area contributed by atoms with Crippen LogP contribution >= 0.6 is 0 Å². The molecule has 0 atom stereocenters. The zero-order chi connectivity index (χ0) is 16.4. The molecule has 0 aliphatic heterocycles. The topological polar surface area (TPSA) is 84.5 Å².